The third-order valence-corrected chi connectivity index (χ3v) is 6.32. The monoisotopic (exact) mass is 639 g/mol. The fourth-order valence-electron chi connectivity index (χ4n) is 3.90. The minimum absolute atomic E-state index is 0.157. The molecule has 0 saturated carbocycles. The van der Waals surface area contributed by atoms with Gasteiger partial charge in [-0.3, -0.25) is 4.79 Å². The quantitative estimate of drug-likeness (QED) is 0.0803. The lowest BCUT2D eigenvalue weighted by atomic mass is 10.1. The van der Waals surface area contributed by atoms with E-state index in [1.54, 1.807) is 0 Å². The van der Waals surface area contributed by atoms with Crippen molar-refractivity contribution >= 4 is 5.97 Å². The van der Waals surface area contributed by atoms with Crippen LogP contribution < -0.4 is 5.32 Å². The van der Waals surface area contributed by atoms with Crippen molar-refractivity contribution in [3.8, 4) is 0 Å². The fraction of sp³-hybridized carbons (Fsp3) is 0.968. The summed E-state index contributed by atoms with van der Waals surface area (Å²) in [5.41, 5.74) is 0. The molecule has 1 aliphatic rings. The summed E-state index contributed by atoms with van der Waals surface area (Å²) < 4.78 is 60.1. The Morgan fingerprint density at radius 1 is 0.500 bits per heavy atom. The van der Waals surface area contributed by atoms with E-state index in [2.05, 4.69) is 12.2 Å². The average Bonchev–Trinajstić information content (AvgIpc) is 3.04. The highest BCUT2D eigenvalue weighted by molar-refractivity contribution is 5.69. The van der Waals surface area contributed by atoms with E-state index in [0.717, 1.165) is 45.2 Å². The predicted molar refractivity (Wildman–Crippen MR) is 164 cm³/mol. The van der Waals surface area contributed by atoms with Crippen molar-refractivity contribution in [3.63, 3.8) is 0 Å². The van der Waals surface area contributed by atoms with Gasteiger partial charge in [0.25, 0.3) is 0 Å². The maximum Gasteiger partial charge on any atom is 0.305 e. The Morgan fingerprint density at radius 3 is 1.20 bits per heavy atom. The second-order valence-corrected chi connectivity index (χ2v) is 10.0. The van der Waals surface area contributed by atoms with Gasteiger partial charge in [0.15, 0.2) is 0 Å². The number of unbranched alkanes of at least 4 members (excludes halogenated alkanes) is 2. The first-order valence-electron chi connectivity index (χ1n) is 16.5. The molecule has 1 fully saturated rings. The Balaban J connectivity index is 1.62. The number of hydrogen-bond donors (Lipinski definition) is 1. The van der Waals surface area contributed by atoms with E-state index in [4.69, 9.17) is 52.1 Å². The number of hydrogen-bond acceptors (Lipinski definition) is 13. The van der Waals surface area contributed by atoms with Gasteiger partial charge >= 0.3 is 5.97 Å². The molecule has 13 nitrogen and oxygen atoms in total. The number of ether oxygens (including phenoxy) is 11. The van der Waals surface area contributed by atoms with Gasteiger partial charge in [-0.05, 0) is 32.4 Å². The van der Waals surface area contributed by atoms with Crippen LogP contribution in [0.4, 0.5) is 0 Å². The Kier molecular flexibility index (Phi) is 32.6. The molecule has 0 spiro atoms. The highest BCUT2D eigenvalue weighted by Gasteiger charge is 2.12. The van der Waals surface area contributed by atoms with Gasteiger partial charge in [0.2, 0.25) is 0 Å². The zero-order valence-corrected chi connectivity index (χ0v) is 27.3. The second kappa shape index (κ2) is 34.9. The minimum Gasteiger partial charge on any atom is -0.463 e. The highest BCUT2D eigenvalue weighted by atomic mass is 16.6. The third-order valence-electron chi connectivity index (χ3n) is 6.32. The molecule has 44 heavy (non-hydrogen) atoms. The van der Waals surface area contributed by atoms with Crippen LogP contribution in [0, 0.1) is 0 Å². The summed E-state index contributed by atoms with van der Waals surface area (Å²) in [4.78, 5) is 11.5. The van der Waals surface area contributed by atoms with Crippen LogP contribution in [0.1, 0.15) is 45.4 Å². The van der Waals surface area contributed by atoms with Crippen molar-refractivity contribution in [2.24, 2.45) is 0 Å². The van der Waals surface area contributed by atoms with Gasteiger partial charge in [0.05, 0.1) is 132 Å². The third kappa shape index (κ3) is 31.0. The summed E-state index contributed by atoms with van der Waals surface area (Å²) in [6, 6.07) is 0. The topological polar surface area (TPSA) is 131 Å². The number of rotatable bonds is 35. The second-order valence-electron chi connectivity index (χ2n) is 10.0. The zero-order valence-electron chi connectivity index (χ0n) is 27.3. The number of piperidine rings is 1. The van der Waals surface area contributed by atoms with Crippen LogP contribution in [-0.2, 0) is 56.9 Å². The molecule has 1 aliphatic heterocycles. The molecule has 0 bridgehead atoms. The smallest absolute Gasteiger partial charge is 0.305 e. The Morgan fingerprint density at radius 2 is 0.841 bits per heavy atom. The van der Waals surface area contributed by atoms with Crippen molar-refractivity contribution < 1.29 is 56.9 Å². The maximum atomic E-state index is 11.5. The molecular weight excluding hydrogens is 578 g/mol. The van der Waals surface area contributed by atoms with Crippen LogP contribution in [-0.4, -0.2) is 157 Å². The van der Waals surface area contributed by atoms with Gasteiger partial charge in [0.1, 0.15) is 6.61 Å². The van der Waals surface area contributed by atoms with Gasteiger partial charge in [-0.1, -0.05) is 19.8 Å². The Bertz CT molecular complexity index is 584. The lowest BCUT2D eigenvalue weighted by Gasteiger charge is -2.22. The molecule has 1 rings (SSSR count). The summed E-state index contributed by atoms with van der Waals surface area (Å²) in [5.74, 6) is -0.157. The van der Waals surface area contributed by atoms with Gasteiger partial charge in [-0.15, -0.1) is 0 Å². The summed E-state index contributed by atoms with van der Waals surface area (Å²) in [6.45, 7) is 14.3. The highest BCUT2D eigenvalue weighted by Crippen LogP contribution is 2.06. The standard InChI is InChI=1S/C31H61NO12/c1-2-3-4-5-31(33)44-29-27-42-25-23-40-21-19-38-17-15-36-13-11-34-10-12-35-14-16-37-18-20-39-22-24-41-26-28-43-30-6-8-32-9-7-30/h30,32H,2-29H2,1H3. The summed E-state index contributed by atoms with van der Waals surface area (Å²) in [7, 11) is 0. The molecule has 0 amide bonds. The van der Waals surface area contributed by atoms with Crippen molar-refractivity contribution in [1.29, 1.82) is 0 Å². The lowest BCUT2D eigenvalue weighted by Crippen LogP contribution is -2.33. The molecule has 0 aromatic rings. The maximum absolute atomic E-state index is 11.5. The van der Waals surface area contributed by atoms with Crippen molar-refractivity contribution in [2.75, 3.05) is 145 Å². The largest absolute Gasteiger partial charge is 0.463 e. The molecule has 1 N–H and O–H groups in total. The first-order valence-corrected chi connectivity index (χ1v) is 16.5. The van der Waals surface area contributed by atoms with Crippen molar-refractivity contribution in [2.45, 2.75) is 51.6 Å². The van der Waals surface area contributed by atoms with Crippen LogP contribution in [0.2, 0.25) is 0 Å². The van der Waals surface area contributed by atoms with Crippen LogP contribution in [0.25, 0.3) is 0 Å². The zero-order chi connectivity index (χ0) is 31.4. The van der Waals surface area contributed by atoms with Gasteiger partial charge in [-0.2, -0.15) is 0 Å². The Labute approximate surface area is 265 Å². The van der Waals surface area contributed by atoms with E-state index in [1.807, 2.05) is 0 Å². The molecule has 0 radical (unpaired) electrons. The van der Waals surface area contributed by atoms with Crippen molar-refractivity contribution in [3.05, 3.63) is 0 Å². The van der Waals surface area contributed by atoms with Crippen LogP contribution in [0.5, 0.6) is 0 Å². The fourth-order valence-corrected chi connectivity index (χ4v) is 3.90. The number of nitrogens with one attached hydrogen (secondary N) is 1. The van der Waals surface area contributed by atoms with Crippen molar-refractivity contribution in [1.82, 2.24) is 5.32 Å². The lowest BCUT2D eigenvalue weighted by molar-refractivity contribution is -0.145. The molecule has 13 heteroatoms. The molecule has 262 valence electrons. The minimum atomic E-state index is -0.157. The first-order chi connectivity index (χ1) is 21.8. The summed E-state index contributed by atoms with van der Waals surface area (Å²) >= 11 is 0. The number of carbonyl (C=O) groups is 1. The van der Waals surface area contributed by atoms with E-state index in [-0.39, 0.29) is 12.6 Å². The number of carbonyl (C=O) groups excluding carboxylic acids is 1. The molecule has 0 aromatic heterocycles. The normalized spacial score (nSPS) is 13.9. The van der Waals surface area contributed by atoms with E-state index in [0.29, 0.717) is 138 Å². The van der Waals surface area contributed by atoms with Crippen LogP contribution in [0.15, 0.2) is 0 Å². The molecular formula is C31H61NO12. The van der Waals surface area contributed by atoms with Gasteiger partial charge in [-0.25, -0.2) is 0 Å². The van der Waals surface area contributed by atoms with E-state index in [1.165, 1.54) is 0 Å². The SMILES string of the molecule is CCCCCC(=O)OCCOCCOCCOCCOCCOCCOCCOCCOCCOCCOC1CCNCC1. The van der Waals surface area contributed by atoms with E-state index >= 15 is 0 Å². The molecule has 0 aliphatic carbocycles. The average molecular weight is 640 g/mol. The van der Waals surface area contributed by atoms with Crippen LogP contribution >= 0.6 is 0 Å². The summed E-state index contributed by atoms with van der Waals surface area (Å²) in [5, 5.41) is 3.33. The molecule has 1 heterocycles. The van der Waals surface area contributed by atoms with E-state index < -0.39 is 0 Å². The molecule has 0 unspecified atom stereocenters. The molecule has 1 saturated heterocycles. The molecule has 0 atom stereocenters. The van der Waals surface area contributed by atoms with Gasteiger partial charge < -0.3 is 57.4 Å². The first kappa shape index (κ1) is 41.1. The van der Waals surface area contributed by atoms with Gasteiger partial charge in [0, 0.05) is 6.42 Å². The summed E-state index contributed by atoms with van der Waals surface area (Å²) in [6.07, 6.45) is 6.03. The predicted octanol–water partition coefficient (Wildman–Crippen LogP) is 2.03. The Hall–Kier alpha value is -0.970. The van der Waals surface area contributed by atoms with E-state index in [9.17, 15) is 4.79 Å². The van der Waals surface area contributed by atoms with Crippen LogP contribution in [0.3, 0.4) is 0 Å². The molecule has 0 aromatic carbocycles. The number of esters is 1.